The number of hydrogen-bond donors (Lipinski definition) is 1. The molecule has 0 aromatic carbocycles. The van der Waals surface area contributed by atoms with Gasteiger partial charge in [-0.3, -0.25) is 4.68 Å². The van der Waals surface area contributed by atoms with Crippen LogP contribution in [0, 0.1) is 6.92 Å². The Morgan fingerprint density at radius 2 is 2.05 bits per heavy atom. The highest BCUT2D eigenvalue weighted by Crippen LogP contribution is 2.23. The molecule has 0 aliphatic rings. The molecule has 5 nitrogen and oxygen atoms in total. The molecular weight excluding hydrogens is 342 g/mol. The number of sulfone groups is 1. The van der Waals surface area contributed by atoms with Gasteiger partial charge in [-0.2, -0.15) is 5.10 Å². The first-order valence-corrected chi connectivity index (χ1v) is 9.53. The summed E-state index contributed by atoms with van der Waals surface area (Å²) in [5.41, 5.74) is 1.94. The number of nitrogens with zero attached hydrogens (tertiary/aromatic N) is 2. The number of halogens is 1. The van der Waals surface area contributed by atoms with E-state index in [1.54, 1.807) is 6.92 Å². The molecule has 0 bridgehead atoms. The first kappa shape index (κ1) is 17.7. The fraction of sp³-hybridized carbons (Fsp3) is 0.769. The minimum Gasteiger partial charge on any atom is -0.312 e. The van der Waals surface area contributed by atoms with Crippen molar-refractivity contribution in [3.05, 3.63) is 15.9 Å². The molecule has 0 saturated heterocycles. The Balaban J connectivity index is 3.00. The monoisotopic (exact) mass is 365 g/mol. The van der Waals surface area contributed by atoms with E-state index in [0.717, 1.165) is 28.8 Å². The first-order valence-electron chi connectivity index (χ1n) is 6.78. The Morgan fingerprint density at radius 1 is 1.45 bits per heavy atom. The summed E-state index contributed by atoms with van der Waals surface area (Å²) in [6, 6.07) is -0.115. The molecule has 1 heterocycles. The van der Waals surface area contributed by atoms with Crippen molar-refractivity contribution in [1.29, 1.82) is 0 Å². The molecule has 1 aromatic rings. The van der Waals surface area contributed by atoms with Crippen molar-refractivity contribution < 1.29 is 8.42 Å². The SMILES string of the molecule is CCCNC(Cc1c(Br)c(C)nn1C)C(C)S(C)(=O)=O. The lowest BCUT2D eigenvalue weighted by Crippen LogP contribution is -2.44. The zero-order chi connectivity index (χ0) is 15.5. The van der Waals surface area contributed by atoms with E-state index >= 15 is 0 Å². The Morgan fingerprint density at radius 3 is 2.45 bits per heavy atom. The average molecular weight is 366 g/mol. The highest BCUT2D eigenvalue weighted by atomic mass is 79.9. The van der Waals surface area contributed by atoms with Crippen molar-refractivity contribution in [2.45, 2.75) is 44.9 Å². The predicted molar refractivity (Wildman–Crippen MR) is 85.7 cm³/mol. The van der Waals surface area contributed by atoms with Crippen molar-refractivity contribution >= 4 is 25.8 Å². The second-order valence-electron chi connectivity index (χ2n) is 5.27. The molecule has 1 rings (SSSR count). The van der Waals surface area contributed by atoms with Crippen LogP contribution in [-0.2, 0) is 23.3 Å². The van der Waals surface area contributed by atoms with Crippen LogP contribution in [0.1, 0.15) is 31.7 Å². The van der Waals surface area contributed by atoms with Crippen LogP contribution < -0.4 is 5.32 Å². The summed E-state index contributed by atoms with van der Waals surface area (Å²) < 4.78 is 26.4. The summed E-state index contributed by atoms with van der Waals surface area (Å²) in [5, 5.41) is 7.27. The molecule has 2 atom stereocenters. The molecule has 2 unspecified atom stereocenters. The largest absolute Gasteiger partial charge is 0.312 e. The van der Waals surface area contributed by atoms with E-state index in [-0.39, 0.29) is 6.04 Å². The lowest BCUT2D eigenvalue weighted by Gasteiger charge is -2.24. The normalized spacial score (nSPS) is 15.3. The van der Waals surface area contributed by atoms with E-state index in [1.165, 1.54) is 6.26 Å². The number of rotatable bonds is 7. The van der Waals surface area contributed by atoms with Gasteiger partial charge in [0.15, 0.2) is 9.84 Å². The van der Waals surface area contributed by atoms with Crippen LogP contribution in [0.2, 0.25) is 0 Å². The predicted octanol–water partition coefficient (Wildman–Crippen LogP) is 1.83. The third kappa shape index (κ3) is 4.30. The van der Waals surface area contributed by atoms with Gasteiger partial charge in [-0.1, -0.05) is 6.92 Å². The van der Waals surface area contributed by atoms with Crippen LogP contribution in [0.15, 0.2) is 4.47 Å². The van der Waals surface area contributed by atoms with Crippen LogP contribution in [-0.4, -0.2) is 42.3 Å². The Hall–Kier alpha value is -0.400. The summed E-state index contributed by atoms with van der Waals surface area (Å²) in [6.45, 7) is 6.57. The third-order valence-corrected chi connectivity index (χ3v) is 6.28. The molecule has 7 heteroatoms. The fourth-order valence-corrected chi connectivity index (χ4v) is 3.43. The maximum Gasteiger partial charge on any atom is 0.151 e. The molecule has 1 aromatic heterocycles. The maximum absolute atomic E-state index is 11.8. The topological polar surface area (TPSA) is 64.0 Å². The summed E-state index contributed by atoms with van der Waals surface area (Å²) in [7, 11) is -1.19. The minimum absolute atomic E-state index is 0.115. The van der Waals surface area contributed by atoms with Crippen molar-refractivity contribution in [1.82, 2.24) is 15.1 Å². The summed E-state index contributed by atoms with van der Waals surface area (Å²) in [4.78, 5) is 0. The first-order chi connectivity index (χ1) is 9.18. The third-order valence-electron chi connectivity index (χ3n) is 3.57. The lowest BCUT2D eigenvalue weighted by atomic mass is 10.1. The molecule has 0 fully saturated rings. The van der Waals surface area contributed by atoms with Gasteiger partial charge in [-0.15, -0.1) is 0 Å². The standard InChI is InChI=1S/C13H24BrN3O2S/c1-6-7-15-11(10(3)20(5,18)19)8-12-13(14)9(2)16-17(12)4/h10-11,15H,6-8H2,1-5H3. The molecule has 0 spiro atoms. The quantitative estimate of drug-likeness (QED) is 0.800. The smallest absolute Gasteiger partial charge is 0.151 e. The number of aromatic nitrogens is 2. The van der Waals surface area contributed by atoms with Crippen LogP contribution in [0.3, 0.4) is 0 Å². The molecule has 0 amide bonds. The van der Waals surface area contributed by atoms with Crippen LogP contribution in [0.4, 0.5) is 0 Å². The fourth-order valence-electron chi connectivity index (χ4n) is 2.14. The summed E-state index contributed by atoms with van der Waals surface area (Å²) in [6.07, 6.45) is 2.90. The second kappa shape index (κ2) is 7.04. The molecule has 1 N–H and O–H groups in total. The Bertz CT molecular complexity index is 554. The van der Waals surface area contributed by atoms with Crippen molar-refractivity contribution in [2.75, 3.05) is 12.8 Å². The van der Waals surface area contributed by atoms with Crippen LogP contribution >= 0.6 is 15.9 Å². The van der Waals surface area contributed by atoms with E-state index in [2.05, 4.69) is 33.3 Å². The average Bonchev–Trinajstić information content (AvgIpc) is 2.58. The number of nitrogens with one attached hydrogen (secondary N) is 1. The molecular formula is C13H24BrN3O2S. The van der Waals surface area contributed by atoms with Gasteiger partial charge in [0.25, 0.3) is 0 Å². The summed E-state index contributed by atoms with van der Waals surface area (Å²) in [5.74, 6) is 0. The van der Waals surface area contributed by atoms with E-state index in [9.17, 15) is 8.42 Å². The van der Waals surface area contributed by atoms with Crippen LogP contribution in [0.25, 0.3) is 0 Å². The van der Waals surface area contributed by atoms with Gasteiger partial charge in [0.1, 0.15) is 0 Å². The van der Waals surface area contributed by atoms with Gasteiger partial charge in [-0.05, 0) is 42.7 Å². The minimum atomic E-state index is -3.08. The molecule has 0 aliphatic heterocycles. The Labute approximate surface area is 130 Å². The maximum atomic E-state index is 11.8. The van der Waals surface area contributed by atoms with Crippen molar-refractivity contribution in [2.24, 2.45) is 7.05 Å². The van der Waals surface area contributed by atoms with Crippen molar-refractivity contribution in [3.8, 4) is 0 Å². The zero-order valence-corrected chi connectivity index (χ0v) is 15.2. The summed E-state index contributed by atoms with van der Waals surface area (Å²) >= 11 is 3.54. The van der Waals surface area contributed by atoms with E-state index in [4.69, 9.17) is 0 Å². The molecule has 20 heavy (non-hydrogen) atoms. The highest BCUT2D eigenvalue weighted by Gasteiger charge is 2.27. The lowest BCUT2D eigenvalue weighted by molar-refractivity contribution is 0.470. The Kier molecular flexibility index (Phi) is 6.22. The zero-order valence-electron chi connectivity index (χ0n) is 12.8. The van der Waals surface area contributed by atoms with Crippen LogP contribution in [0.5, 0.6) is 0 Å². The van der Waals surface area contributed by atoms with Gasteiger partial charge in [-0.25, -0.2) is 8.42 Å². The van der Waals surface area contributed by atoms with Gasteiger partial charge in [0.2, 0.25) is 0 Å². The van der Waals surface area contributed by atoms with E-state index in [0.29, 0.717) is 6.42 Å². The molecule has 116 valence electrons. The number of aryl methyl sites for hydroxylation is 2. The van der Waals surface area contributed by atoms with E-state index in [1.807, 2.05) is 18.7 Å². The molecule has 0 aliphatic carbocycles. The highest BCUT2D eigenvalue weighted by molar-refractivity contribution is 9.10. The van der Waals surface area contributed by atoms with Gasteiger partial charge < -0.3 is 5.32 Å². The van der Waals surface area contributed by atoms with Gasteiger partial charge >= 0.3 is 0 Å². The van der Waals surface area contributed by atoms with E-state index < -0.39 is 15.1 Å². The van der Waals surface area contributed by atoms with Crippen molar-refractivity contribution in [3.63, 3.8) is 0 Å². The second-order valence-corrected chi connectivity index (χ2v) is 8.46. The van der Waals surface area contributed by atoms with Gasteiger partial charge in [0.05, 0.1) is 21.1 Å². The molecule has 0 saturated carbocycles. The molecule has 0 radical (unpaired) electrons. The van der Waals surface area contributed by atoms with Gasteiger partial charge in [0, 0.05) is 25.8 Å². The number of hydrogen-bond acceptors (Lipinski definition) is 4.